The van der Waals surface area contributed by atoms with Gasteiger partial charge in [0.05, 0.1) is 6.54 Å². The van der Waals surface area contributed by atoms with Gasteiger partial charge in [-0.2, -0.15) is 0 Å². The highest BCUT2D eigenvalue weighted by Crippen LogP contribution is 2.27. The van der Waals surface area contributed by atoms with Gasteiger partial charge < -0.3 is 15.1 Å². The van der Waals surface area contributed by atoms with Gasteiger partial charge in [0.2, 0.25) is 11.7 Å². The number of nitrogens with zero attached hydrogens (tertiary/aromatic N) is 2. The molecular weight excluding hydrogens is 318 g/mol. The number of aryl methyl sites for hydroxylation is 1. The predicted molar refractivity (Wildman–Crippen MR) is 95.3 cm³/mol. The molecule has 6 nitrogen and oxygen atoms in total. The molecule has 2 fully saturated rings. The fraction of sp³-hybridized carbons (Fsp3) is 0.526. The Morgan fingerprint density at radius 2 is 1.76 bits per heavy atom. The van der Waals surface area contributed by atoms with Crippen molar-refractivity contribution < 1.29 is 14.4 Å². The van der Waals surface area contributed by atoms with Gasteiger partial charge in [-0.05, 0) is 31.4 Å². The zero-order valence-electron chi connectivity index (χ0n) is 14.7. The van der Waals surface area contributed by atoms with Crippen molar-refractivity contribution in [1.82, 2.24) is 10.2 Å². The second kappa shape index (κ2) is 7.68. The number of piperazine rings is 1. The summed E-state index contributed by atoms with van der Waals surface area (Å²) in [5.74, 6) is -1.24. The number of benzene rings is 1. The molecule has 2 aliphatic rings. The number of amides is 2. The summed E-state index contributed by atoms with van der Waals surface area (Å²) in [5, 5.41) is 2.49. The van der Waals surface area contributed by atoms with Crippen LogP contribution in [0, 0.1) is 12.8 Å². The quantitative estimate of drug-likeness (QED) is 0.814. The summed E-state index contributed by atoms with van der Waals surface area (Å²) in [6.45, 7) is 4.78. The number of nitrogens with one attached hydrogen (secondary N) is 1. The van der Waals surface area contributed by atoms with Gasteiger partial charge in [-0.1, -0.05) is 24.6 Å². The van der Waals surface area contributed by atoms with Crippen molar-refractivity contribution in [2.24, 2.45) is 5.92 Å². The average Bonchev–Trinajstić information content (AvgIpc) is 2.58. The van der Waals surface area contributed by atoms with Gasteiger partial charge in [-0.15, -0.1) is 0 Å². The summed E-state index contributed by atoms with van der Waals surface area (Å²) >= 11 is 0. The van der Waals surface area contributed by atoms with E-state index in [2.05, 4.69) is 29.3 Å². The summed E-state index contributed by atoms with van der Waals surface area (Å²) in [7, 11) is 0. The van der Waals surface area contributed by atoms with E-state index in [9.17, 15) is 14.4 Å². The van der Waals surface area contributed by atoms with Crippen molar-refractivity contribution in [3.63, 3.8) is 0 Å². The SMILES string of the molecule is Cc1ccccc1N1CCN(C(=O)CNC(=O)C(=O)C2CCC2)CC1. The highest BCUT2D eigenvalue weighted by molar-refractivity contribution is 6.37. The van der Waals surface area contributed by atoms with Crippen LogP contribution in [0.1, 0.15) is 24.8 Å². The molecule has 0 aromatic heterocycles. The number of carbonyl (C=O) groups is 3. The lowest BCUT2D eigenvalue weighted by atomic mass is 9.82. The van der Waals surface area contributed by atoms with Gasteiger partial charge in [-0.25, -0.2) is 0 Å². The molecule has 1 aromatic carbocycles. The third-order valence-electron chi connectivity index (χ3n) is 5.19. The van der Waals surface area contributed by atoms with Crippen molar-refractivity contribution >= 4 is 23.3 Å². The van der Waals surface area contributed by atoms with E-state index >= 15 is 0 Å². The van der Waals surface area contributed by atoms with Crippen molar-refractivity contribution in [3.05, 3.63) is 29.8 Å². The molecule has 1 aliphatic heterocycles. The molecule has 1 aromatic rings. The number of hydrogen-bond donors (Lipinski definition) is 1. The molecule has 0 atom stereocenters. The Kier molecular flexibility index (Phi) is 5.36. The lowest BCUT2D eigenvalue weighted by Crippen LogP contribution is -2.52. The van der Waals surface area contributed by atoms with E-state index in [4.69, 9.17) is 0 Å². The van der Waals surface area contributed by atoms with Crippen LogP contribution in [0.5, 0.6) is 0 Å². The highest BCUT2D eigenvalue weighted by Gasteiger charge is 2.30. The second-order valence-electron chi connectivity index (χ2n) is 6.83. The molecule has 6 heteroatoms. The third-order valence-corrected chi connectivity index (χ3v) is 5.19. The van der Waals surface area contributed by atoms with Gasteiger partial charge in [0.1, 0.15) is 0 Å². The summed E-state index contributed by atoms with van der Waals surface area (Å²) in [4.78, 5) is 39.9. The number of ketones is 1. The molecule has 2 amide bonds. The van der Waals surface area contributed by atoms with Crippen LogP contribution in [-0.4, -0.2) is 55.2 Å². The normalized spacial score (nSPS) is 17.8. The van der Waals surface area contributed by atoms with Gasteiger partial charge in [0.25, 0.3) is 5.91 Å². The van der Waals surface area contributed by atoms with Crippen LogP contribution < -0.4 is 10.2 Å². The van der Waals surface area contributed by atoms with E-state index in [-0.39, 0.29) is 24.2 Å². The topological polar surface area (TPSA) is 69.7 Å². The number of anilines is 1. The second-order valence-corrected chi connectivity index (χ2v) is 6.83. The van der Waals surface area contributed by atoms with Crippen LogP contribution in [0.15, 0.2) is 24.3 Å². The average molecular weight is 343 g/mol. The first-order valence-corrected chi connectivity index (χ1v) is 8.96. The first kappa shape index (κ1) is 17.5. The Hall–Kier alpha value is -2.37. The maximum absolute atomic E-state index is 12.3. The Bertz CT molecular complexity index is 662. The summed E-state index contributed by atoms with van der Waals surface area (Å²) < 4.78 is 0. The van der Waals surface area contributed by atoms with Crippen molar-refractivity contribution in [2.45, 2.75) is 26.2 Å². The molecule has 0 radical (unpaired) electrons. The van der Waals surface area contributed by atoms with Crippen LogP contribution in [0.2, 0.25) is 0 Å². The first-order chi connectivity index (χ1) is 12.1. The molecule has 1 heterocycles. The van der Waals surface area contributed by atoms with Crippen LogP contribution in [0.4, 0.5) is 5.69 Å². The summed E-state index contributed by atoms with van der Waals surface area (Å²) in [6, 6.07) is 8.22. The Labute approximate surface area is 148 Å². The van der Waals surface area contributed by atoms with Crippen molar-refractivity contribution in [3.8, 4) is 0 Å². The fourth-order valence-corrected chi connectivity index (χ4v) is 3.33. The molecular formula is C19H25N3O3. The molecule has 1 saturated carbocycles. The van der Waals surface area contributed by atoms with Gasteiger partial charge in [0, 0.05) is 37.8 Å². The lowest BCUT2D eigenvalue weighted by molar-refractivity contribution is -0.142. The fourth-order valence-electron chi connectivity index (χ4n) is 3.33. The Balaban J connectivity index is 1.44. The molecule has 1 aliphatic carbocycles. The summed E-state index contributed by atoms with van der Waals surface area (Å²) in [6.07, 6.45) is 2.59. The number of carbonyl (C=O) groups excluding carboxylic acids is 3. The van der Waals surface area contributed by atoms with Gasteiger partial charge >= 0.3 is 0 Å². The molecule has 1 saturated heterocycles. The van der Waals surface area contributed by atoms with E-state index in [0.717, 1.165) is 32.4 Å². The Morgan fingerprint density at radius 1 is 1.08 bits per heavy atom. The minimum atomic E-state index is -0.614. The zero-order chi connectivity index (χ0) is 17.8. The highest BCUT2D eigenvalue weighted by atomic mass is 16.2. The van der Waals surface area contributed by atoms with Gasteiger partial charge in [-0.3, -0.25) is 14.4 Å². The molecule has 0 unspecified atom stereocenters. The zero-order valence-corrected chi connectivity index (χ0v) is 14.7. The monoisotopic (exact) mass is 343 g/mol. The van der Waals surface area contributed by atoms with Crippen LogP contribution in [0.25, 0.3) is 0 Å². The molecule has 0 spiro atoms. The smallest absolute Gasteiger partial charge is 0.288 e. The first-order valence-electron chi connectivity index (χ1n) is 8.96. The number of Topliss-reactive ketones (excluding diaryl/α,β-unsaturated/α-hetero) is 1. The molecule has 134 valence electrons. The standard InChI is InChI=1S/C19H25N3O3/c1-14-5-2-3-8-16(14)21-9-11-22(12-10-21)17(23)13-20-19(25)18(24)15-6-4-7-15/h2-3,5,8,15H,4,6-7,9-13H2,1H3,(H,20,25). The minimum absolute atomic E-state index is 0.0956. The van der Waals surface area contributed by atoms with E-state index < -0.39 is 5.91 Å². The van der Waals surface area contributed by atoms with Crippen LogP contribution in [0.3, 0.4) is 0 Å². The molecule has 3 rings (SSSR count). The molecule has 0 bridgehead atoms. The number of hydrogen-bond acceptors (Lipinski definition) is 4. The molecule has 1 N–H and O–H groups in total. The summed E-state index contributed by atoms with van der Waals surface area (Å²) in [5.41, 5.74) is 2.43. The van der Waals surface area contributed by atoms with Gasteiger partial charge in [0.15, 0.2) is 0 Å². The minimum Gasteiger partial charge on any atom is -0.368 e. The lowest BCUT2D eigenvalue weighted by Gasteiger charge is -2.36. The van der Waals surface area contributed by atoms with E-state index in [0.29, 0.717) is 13.1 Å². The van der Waals surface area contributed by atoms with Crippen molar-refractivity contribution in [2.75, 3.05) is 37.6 Å². The van der Waals surface area contributed by atoms with E-state index in [1.165, 1.54) is 11.3 Å². The maximum atomic E-state index is 12.3. The van der Waals surface area contributed by atoms with Crippen LogP contribution >= 0.6 is 0 Å². The number of para-hydroxylation sites is 1. The predicted octanol–water partition coefficient (Wildman–Crippen LogP) is 1.13. The third kappa shape index (κ3) is 4.00. The maximum Gasteiger partial charge on any atom is 0.288 e. The van der Waals surface area contributed by atoms with E-state index in [1.807, 2.05) is 12.1 Å². The van der Waals surface area contributed by atoms with E-state index in [1.54, 1.807) is 4.90 Å². The largest absolute Gasteiger partial charge is 0.368 e. The number of rotatable bonds is 5. The van der Waals surface area contributed by atoms with Crippen molar-refractivity contribution in [1.29, 1.82) is 0 Å². The molecule has 25 heavy (non-hydrogen) atoms. The van der Waals surface area contributed by atoms with Crippen LogP contribution in [-0.2, 0) is 14.4 Å². The Morgan fingerprint density at radius 3 is 2.36 bits per heavy atom.